The molecule has 0 aromatic rings. The van der Waals surface area contributed by atoms with Gasteiger partial charge in [-0.2, -0.15) is 0 Å². The Morgan fingerprint density at radius 1 is 1.80 bits per heavy atom. The lowest BCUT2D eigenvalue weighted by molar-refractivity contribution is 0.414. The van der Waals surface area contributed by atoms with Crippen LogP contribution in [0, 0.1) is 5.41 Å². The van der Waals surface area contributed by atoms with Crippen molar-refractivity contribution in [3.8, 4) is 0 Å². The first-order valence-electron chi connectivity index (χ1n) is 3.09. The van der Waals surface area contributed by atoms with Crippen molar-refractivity contribution in [2.75, 3.05) is 6.54 Å². The molecule has 0 aliphatic carbocycles. The van der Waals surface area contributed by atoms with Crippen molar-refractivity contribution < 1.29 is 5.11 Å². The zero-order valence-corrected chi connectivity index (χ0v) is 5.81. The van der Waals surface area contributed by atoms with Gasteiger partial charge >= 0.3 is 0 Å². The summed E-state index contributed by atoms with van der Waals surface area (Å²) >= 11 is 0. The molecule has 0 amide bonds. The van der Waals surface area contributed by atoms with Gasteiger partial charge in [0.1, 0.15) is 5.76 Å². The van der Waals surface area contributed by atoms with E-state index < -0.39 is 0 Å². The minimum absolute atomic E-state index is 0.230. The predicted octanol–water partition coefficient (Wildman–Crippen LogP) is 0.955. The summed E-state index contributed by atoms with van der Waals surface area (Å²) in [5.74, 6) is 0.230. The lowest BCUT2D eigenvalue weighted by Gasteiger charge is -2.12. The Hall–Kier alpha value is -1.25. The third-order valence-corrected chi connectivity index (χ3v) is 1.46. The molecule has 0 radical (unpaired) electrons. The van der Waals surface area contributed by atoms with E-state index in [4.69, 9.17) is 5.41 Å². The van der Waals surface area contributed by atoms with Crippen LogP contribution in [0.4, 0.5) is 0 Å². The molecule has 3 nitrogen and oxygen atoms in total. The highest BCUT2D eigenvalue weighted by Crippen LogP contribution is 2.11. The molecular formula is C7H10N2O. The third-order valence-electron chi connectivity index (χ3n) is 1.46. The van der Waals surface area contributed by atoms with E-state index in [9.17, 15) is 5.11 Å². The molecule has 0 atom stereocenters. The Balaban J connectivity index is 2.95. The quantitative estimate of drug-likeness (QED) is 0.472. The van der Waals surface area contributed by atoms with Crippen molar-refractivity contribution >= 4 is 6.21 Å². The van der Waals surface area contributed by atoms with Gasteiger partial charge < -0.3 is 15.8 Å². The van der Waals surface area contributed by atoms with Crippen LogP contribution in [-0.2, 0) is 0 Å². The lowest BCUT2D eigenvalue weighted by Crippen LogP contribution is -2.18. The molecule has 1 aliphatic rings. The fourth-order valence-electron chi connectivity index (χ4n) is 0.839. The third kappa shape index (κ3) is 1.03. The number of hydrogen-bond donors (Lipinski definition) is 3. The van der Waals surface area contributed by atoms with Gasteiger partial charge in [-0.1, -0.05) is 0 Å². The highest BCUT2D eigenvalue weighted by atomic mass is 16.3. The maximum absolute atomic E-state index is 9.26. The summed E-state index contributed by atoms with van der Waals surface area (Å²) in [6.45, 7) is 2.34. The van der Waals surface area contributed by atoms with Gasteiger partial charge in [0.2, 0.25) is 0 Å². The van der Waals surface area contributed by atoms with E-state index in [1.165, 1.54) is 6.21 Å². The fourth-order valence-corrected chi connectivity index (χ4v) is 0.839. The average molecular weight is 138 g/mol. The van der Waals surface area contributed by atoms with E-state index >= 15 is 0 Å². The molecule has 1 heterocycles. The number of rotatable bonds is 1. The van der Waals surface area contributed by atoms with Crippen LogP contribution in [0.25, 0.3) is 0 Å². The minimum atomic E-state index is 0.230. The molecule has 3 N–H and O–H groups in total. The predicted molar refractivity (Wildman–Crippen MR) is 40.2 cm³/mol. The summed E-state index contributed by atoms with van der Waals surface area (Å²) in [6, 6.07) is 0. The van der Waals surface area contributed by atoms with E-state index in [0.29, 0.717) is 12.1 Å². The van der Waals surface area contributed by atoms with E-state index in [-0.39, 0.29) is 5.76 Å². The molecule has 10 heavy (non-hydrogen) atoms. The second kappa shape index (κ2) is 2.56. The summed E-state index contributed by atoms with van der Waals surface area (Å²) in [5, 5.41) is 19.1. The highest BCUT2D eigenvalue weighted by Gasteiger charge is 2.08. The molecule has 3 heteroatoms. The largest absolute Gasteiger partial charge is 0.507 e. The molecule has 0 aromatic carbocycles. The first-order chi connectivity index (χ1) is 4.75. The number of hydrogen-bond acceptors (Lipinski definition) is 3. The summed E-state index contributed by atoms with van der Waals surface area (Å²) in [7, 11) is 0. The Morgan fingerprint density at radius 3 is 3.00 bits per heavy atom. The summed E-state index contributed by atoms with van der Waals surface area (Å²) in [6.07, 6.45) is 2.90. The molecule has 0 saturated carbocycles. The zero-order valence-electron chi connectivity index (χ0n) is 5.81. The molecule has 54 valence electrons. The summed E-state index contributed by atoms with van der Waals surface area (Å²) in [4.78, 5) is 0. The molecule has 0 saturated heterocycles. The second-order valence-electron chi connectivity index (χ2n) is 2.23. The van der Waals surface area contributed by atoms with Gasteiger partial charge in [0.05, 0.1) is 0 Å². The van der Waals surface area contributed by atoms with Gasteiger partial charge in [-0.15, -0.1) is 0 Å². The lowest BCUT2D eigenvalue weighted by atomic mass is 10.1. The van der Waals surface area contributed by atoms with E-state index in [0.717, 1.165) is 5.57 Å². The normalized spacial score (nSPS) is 17.9. The van der Waals surface area contributed by atoms with Crippen molar-refractivity contribution in [3.63, 3.8) is 0 Å². The first kappa shape index (κ1) is 6.86. The number of aliphatic hydroxyl groups is 1. The number of dihydropyridines is 1. The summed E-state index contributed by atoms with van der Waals surface area (Å²) in [5.41, 5.74) is 1.42. The topological polar surface area (TPSA) is 56.1 Å². The number of nitrogens with one attached hydrogen (secondary N) is 2. The smallest absolute Gasteiger partial charge is 0.126 e. The standard InChI is InChI=1S/C7H10N2O/c1-5-3-9-4-6(2-8)7(5)10/h2-3,8-10H,4H2,1H3. The van der Waals surface area contributed by atoms with Crippen LogP contribution in [-0.4, -0.2) is 17.9 Å². The Kier molecular flexibility index (Phi) is 1.76. The Labute approximate surface area is 59.6 Å². The Morgan fingerprint density at radius 2 is 2.50 bits per heavy atom. The zero-order chi connectivity index (χ0) is 7.56. The van der Waals surface area contributed by atoms with Crippen LogP contribution in [0.3, 0.4) is 0 Å². The minimum Gasteiger partial charge on any atom is -0.507 e. The maximum Gasteiger partial charge on any atom is 0.126 e. The SMILES string of the molecule is CC1=CNCC(C=N)=C1O. The van der Waals surface area contributed by atoms with Gasteiger partial charge in [0.25, 0.3) is 0 Å². The highest BCUT2D eigenvalue weighted by molar-refractivity contribution is 5.78. The first-order valence-corrected chi connectivity index (χ1v) is 3.09. The monoisotopic (exact) mass is 138 g/mol. The molecular weight excluding hydrogens is 128 g/mol. The number of allylic oxidation sites excluding steroid dienone is 1. The maximum atomic E-state index is 9.26. The van der Waals surface area contributed by atoms with Crippen molar-refractivity contribution in [2.24, 2.45) is 0 Å². The molecule has 0 aromatic heterocycles. The van der Waals surface area contributed by atoms with Crippen molar-refractivity contribution in [2.45, 2.75) is 6.92 Å². The van der Waals surface area contributed by atoms with Crippen LogP contribution in [0.1, 0.15) is 6.92 Å². The van der Waals surface area contributed by atoms with Crippen LogP contribution in [0.15, 0.2) is 23.1 Å². The van der Waals surface area contributed by atoms with Gasteiger partial charge in [-0.25, -0.2) is 0 Å². The van der Waals surface area contributed by atoms with Gasteiger partial charge in [-0.05, 0) is 6.92 Å². The van der Waals surface area contributed by atoms with E-state index in [1.807, 2.05) is 0 Å². The molecule has 1 rings (SSSR count). The molecule has 0 unspecified atom stereocenters. The van der Waals surface area contributed by atoms with Gasteiger partial charge in [0.15, 0.2) is 0 Å². The average Bonchev–Trinajstić information content (AvgIpc) is 1.95. The fraction of sp³-hybridized carbons (Fsp3) is 0.286. The van der Waals surface area contributed by atoms with E-state index in [1.54, 1.807) is 13.1 Å². The van der Waals surface area contributed by atoms with Crippen LogP contribution in [0.2, 0.25) is 0 Å². The summed E-state index contributed by atoms with van der Waals surface area (Å²) < 4.78 is 0. The van der Waals surface area contributed by atoms with Crippen molar-refractivity contribution in [1.29, 1.82) is 5.41 Å². The second-order valence-corrected chi connectivity index (χ2v) is 2.23. The Bertz CT molecular complexity index is 216. The van der Waals surface area contributed by atoms with Crippen LogP contribution in [0.5, 0.6) is 0 Å². The van der Waals surface area contributed by atoms with E-state index in [2.05, 4.69) is 5.32 Å². The van der Waals surface area contributed by atoms with Gasteiger partial charge in [-0.3, -0.25) is 0 Å². The number of aliphatic hydroxyl groups excluding tert-OH is 1. The molecule has 0 spiro atoms. The van der Waals surface area contributed by atoms with Crippen LogP contribution >= 0.6 is 0 Å². The van der Waals surface area contributed by atoms with Gasteiger partial charge in [0, 0.05) is 30.1 Å². The van der Waals surface area contributed by atoms with Crippen molar-refractivity contribution in [1.82, 2.24) is 5.32 Å². The molecule has 1 aliphatic heterocycles. The molecule has 0 bridgehead atoms. The molecule has 0 fully saturated rings. The van der Waals surface area contributed by atoms with Crippen molar-refractivity contribution in [3.05, 3.63) is 23.1 Å². The van der Waals surface area contributed by atoms with Crippen LogP contribution < -0.4 is 5.32 Å².